The van der Waals surface area contributed by atoms with E-state index in [9.17, 15) is 5.26 Å². The summed E-state index contributed by atoms with van der Waals surface area (Å²) < 4.78 is 5.37. The van der Waals surface area contributed by atoms with Crippen molar-refractivity contribution in [2.24, 2.45) is 5.41 Å². The van der Waals surface area contributed by atoms with E-state index < -0.39 is 0 Å². The molecule has 0 unspecified atom stereocenters. The molecule has 1 aromatic rings. The Hall–Kier alpha value is -1.33. The van der Waals surface area contributed by atoms with Crippen LogP contribution in [0.2, 0.25) is 0 Å². The van der Waals surface area contributed by atoms with Crippen molar-refractivity contribution in [1.29, 1.82) is 5.26 Å². The number of hydrogen-bond donors (Lipinski definition) is 0. The molecule has 1 heterocycles. The van der Waals surface area contributed by atoms with Gasteiger partial charge in [0.2, 0.25) is 0 Å². The first-order valence-electron chi connectivity index (χ1n) is 6.21. The van der Waals surface area contributed by atoms with Crippen LogP contribution < -0.4 is 0 Å². The fraction of sp³-hybridized carbons (Fsp3) is 0.533. The third-order valence-electron chi connectivity index (χ3n) is 3.85. The zero-order valence-corrected chi connectivity index (χ0v) is 10.6. The first-order valence-corrected chi connectivity index (χ1v) is 6.21. The summed E-state index contributed by atoms with van der Waals surface area (Å²) in [7, 11) is 0. The first-order chi connectivity index (χ1) is 8.17. The van der Waals surface area contributed by atoms with Crippen molar-refractivity contribution in [2.45, 2.75) is 33.1 Å². The van der Waals surface area contributed by atoms with Gasteiger partial charge in [-0.2, -0.15) is 5.26 Å². The minimum atomic E-state index is -0.213. The average molecular weight is 229 g/mol. The van der Waals surface area contributed by atoms with Crippen LogP contribution >= 0.6 is 0 Å². The van der Waals surface area contributed by atoms with Crippen LogP contribution in [0.1, 0.15) is 29.5 Å². The Morgan fingerprint density at radius 3 is 2.35 bits per heavy atom. The maximum absolute atomic E-state index is 9.48. The molecule has 0 saturated carbocycles. The lowest BCUT2D eigenvalue weighted by Gasteiger charge is -2.31. The highest BCUT2D eigenvalue weighted by molar-refractivity contribution is 5.35. The molecule has 0 atom stereocenters. The Kier molecular flexibility index (Phi) is 3.49. The first kappa shape index (κ1) is 12.1. The molecule has 1 aliphatic heterocycles. The van der Waals surface area contributed by atoms with E-state index in [1.165, 1.54) is 16.7 Å². The number of nitrogens with zero attached hydrogens (tertiary/aromatic N) is 1. The van der Waals surface area contributed by atoms with E-state index in [0.717, 1.165) is 32.5 Å². The molecule has 1 aliphatic rings. The lowest BCUT2D eigenvalue weighted by Crippen LogP contribution is -2.30. The molecule has 0 N–H and O–H groups in total. The molecule has 0 aliphatic carbocycles. The Bertz CT molecular complexity index is 418. The van der Waals surface area contributed by atoms with Crippen LogP contribution in [-0.4, -0.2) is 13.2 Å². The summed E-state index contributed by atoms with van der Waals surface area (Å²) >= 11 is 0. The number of rotatable bonds is 2. The summed E-state index contributed by atoms with van der Waals surface area (Å²) in [5.41, 5.74) is 3.72. The highest BCUT2D eigenvalue weighted by Crippen LogP contribution is 2.35. The predicted molar refractivity (Wildman–Crippen MR) is 67.7 cm³/mol. The van der Waals surface area contributed by atoms with Crippen LogP contribution in [0.4, 0.5) is 0 Å². The van der Waals surface area contributed by atoms with Crippen molar-refractivity contribution in [2.75, 3.05) is 13.2 Å². The number of ether oxygens (including phenoxy) is 1. The van der Waals surface area contributed by atoms with E-state index in [-0.39, 0.29) is 5.41 Å². The summed E-state index contributed by atoms with van der Waals surface area (Å²) in [6, 6.07) is 8.88. The molecule has 90 valence electrons. The molecule has 17 heavy (non-hydrogen) atoms. The Balaban J connectivity index is 2.27. The van der Waals surface area contributed by atoms with E-state index in [4.69, 9.17) is 4.74 Å². The van der Waals surface area contributed by atoms with Crippen molar-refractivity contribution >= 4 is 0 Å². The summed E-state index contributed by atoms with van der Waals surface area (Å²) in [5, 5.41) is 9.48. The molecule has 0 radical (unpaired) electrons. The van der Waals surface area contributed by atoms with Crippen molar-refractivity contribution in [1.82, 2.24) is 0 Å². The molecule has 0 amide bonds. The second-order valence-electron chi connectivity index (χ2n) is 5.05. The van der Waals surface area contributed by atoms with Gasteiger partial charge in [0, 0.05) is 13.2 Å². The van der Waals surface area contributed by atoms with Gasteiger partial charge in [-0.25, -0.2) is 0 Å². The third kappa shape index (κ3) is 2.50. The predicted octanol–water partition coefficient (Wildman–Crippen LogP) is 3.17. The standard InChI is InChI=1S/C15H19NO/c1-12-4-3-5-13(2)14(12)10-15(11-16)6-8-17-9-7-15/h3-5H,6-10H2,1-2H3. The van der Waals surface area contributed by atoms with Gasteiger partial charge in [-0.05, 0) is 49.8 Å². The molecule has 1 fully saturated rings. The Morgan fingerprint density at radius 2 is 1.82 bits per heavy atom. The lowest BCUT2D eigenvalue weighted by atomic mass is 9.75. The minimum Gasteiger partial charge on any atom is -0.381 e. The molecule has 1 saturated heterocycles. The maximum atomic E-state index is 9.48. The van der Waals surface area contributed by atoms with Crippen molar-refractivity contribution in [3.63, 3.8) is 0 Å². The highest BCUT2D eigenvalue weighted by atomic mass is 16.5. The molecule has 1 aromatic carbocycles. The summed E-state index contributed by atoms with van der Waals surface area (Å²) in [6.45, 7) is 5.70. The van der Waals surface area contributed by atoms with Gasteiger partial charge < -0.3 is 4.74 Å². The largest absolute Gasteiger partial charge is 0.381 e. The normalized spacial score (nSPS) is 18.6. The van der Waals surface area contributed by atoms with Gasteiger partial charge in [-0.3, -0.25) is 0 Å². The van der Waals surface area contributed by atoms with Crippen molar-refractivity contribution in [3.05, 3.63) is 34.9 Å². The smallest absolute Gasteiger partial charge is 0.0695 e. The van der Waals surface area contributed by atoms with Crippen LogP contribution in [0.15, 0.2) is 18.2 Å². The van der Waals surface area contributed by atoms with E-state index in [0.29, 0.717) is 0 Å². The van der Waals surface area contributed by atoms with Gasteiger partial charge in [0.25, 0.3) is 0 Å². The van der Waals surface area contributed by atoms with E-state index in [2.05, 4.69) is 38.1 Å². The third-order valence-corrected chi connectivity index (χ3v) is 3.85. The van der Waals surface area contributed by atoms with Crippen LogP contribution in [0.25, 0.3) is 0 Å². The second kappa shape index (κ2) is 4.89. The maximum Gasteiger partial charge on any atom is 0.0695 e. The second-order valence-corrected chi connectivity index (χ2v) is 5.05. The van der Waals surface area contributed by atoms with Gasteiger partial charge in [0.05, 0.1) is 11.5 Å². The average Bonchev–Trinajstić information content (AvgIpc) is 2.35. The van der Waals surface area contributed by atoms with Gasteiger partial charge in [0.1, 0.15) is 0 Å². The molecule has 0 bridgehead atoms. The minimum absolute atomic E-state index is 0.213. The molecule has 2 nitrogen and oxygen atoms in total. The highest BCUT2D eigenvalue weighted by Gasteiger charge is 2.33. The van der Waals surface area contributed by atoms with Gasteiger partial charge in [-0.15, -0.1) is 0 Å². The fourth-order valence-corrected chi connectivity index (χ4v) is 2.56. The molecule has 0 spiro atoms. The van der Waals surface area contributed by atoms with Crippen LogP contribution in [0, 0.1) is 30.6 Å². The molecular weight excluding hydrogens is 210 g/mol. The topological polar surface area (TPSA) is 33.0 Å². The van der Waals surface area contributed by atoms with Crippen molar-refractivity contribution in [3.8, 4) is 6.07 Å². The van der Waals surface area contributed by atoms with E-state index in [1.807, 2.05) is 0 Å². The van der Waals surface area contributed by atoms with E-state index >= 15 is 0 Å². The van der Waals surface area contributed by atoms with Gasteiger partial charge >= 0.3 is 0 Å². The zero-order valence-electron chi connectivity index (χ0n) is 10.6. The summed E-state index contributed by atoms with van der Waals surface area (Å²) in [4.78, 5) is 0. The fourth-order valence-electron chi connectivity index (χ4n) is 2.56. The SMILES string of the molecule is Cc1cccc(C)c1CC1(C#N)CCOCC1. The molecule has 2 rings (SSSR count). The monoisotopic (exact) mass is 229 g/mol. The van der Waals surface area contributed by atoms with Gasteiger partial charge in [0.15, 0.2) is 0 Å². The number of nitriles is 1. The van der Waals surface area contributed by atoms with Crippen molar-refractivity contribution < 1.29 is 4.74 Å². The summed E-state index contributed by atoms with van der Waals surface area (Å²) in [6.07, 6.45) is 2.58. The quantitative estimate of drug-likeness (QED) is 0.780. The van der Waals surface area contributed by atoms with Crippen LogP contribution in [0.5, 0.6) is 0 Å². The van der Waals surface area contributed by atoms with E-state index in [1.54, 1.807) is 0 Å². The number of hydrogen-bond acceptors (Lipinski definition) is 2. The zero-order chi connectivity index (χ0) is 12.3. The Labute approximate surface area is 103 Å². The Morgan fingerprint density at radius 1 is 1.24 bits per heavy atom. The number of benzene rings is 1. The van der Waals surface area contributed by atoms with Crippen LogP contribution in [0.3, 0.4) is 0 Å². The molecular formula is C15H19NO. The molecule has 2 heteroatoms. The lowest BCUT2D eigenvalue weighted by molar-refractivity contribution is 0.0405. The van der Waals surface area contributed by atoms with Crippen LogP contribution in [-0.2, 0) is 11.2 Å². The summed E-state index contributed by atoms with van der Waals surface area (Å²) in [5.74, 6) is 0. The number of aryl methyl sites for hydroxylation is 2. The molecule has 0 aromatic heterocycles. The van der Waals surface area contributed by atoms with Gasteiger partial charge in [-0.1, -0.05) is 18.2 Å².